The maximum atomic E-state index is 4.71. The Bertz CT molecular complexity index is 654. The van der Waals surface area contributed by atoms with Crippen LogP contribution in [0, 0.1) is 0 Å². The standard InChI is InChI=1S/C21H33N5S/c1-3-22-21(24-13-7-8-17-27-2)25-18-20-23-14-16-26(20)15-9-12-19-10-5-4-6-11-19/h4-6,10-11,14,16H,3,7-9,12-13,15,17-18H2,1-2H3,(H2,22,24,25). The summed E-state index contributed by atoms with van der Waals surface area (Å²) >= 11 is 1.90. The fraction of sp³-hybridized carbons (Fsp3) is 0.524. The molecule has 1 aromatic heterocycles. The number of nitrogens with one attached hydrogen (secondary N) is 2. The summed E-state index contributed by atoms with van der Waals surface area (Å²) in [6.45, 7) is 5.48. The van der Waals surface area contributed by atoms with Crippen LogP contribution in [0.2, 0.25) is 0 Å². The molecule has 0 aliphatic rings. The molecule has 2 rings (SSSR count). The van der Waals surface area contributed by atoms with E-state index >= 15 is 0 Å². The lowest BCUT2D eigenvalue weighted by atomic mass is 10.1. The van der Waals surface area contributed by atoms with Gasteiger partial charge in [0, 0.05) is 32.0 Å². The molecule has 0 radical (unpaired) electrons. The van der Waals surface area contributed by atoms with E-state index < -0.39 is 0 Å². The van der Waals surface area contributed by atoms with Crippen LogP contribution < -0.4 is 10.6 Å². The zero-order chi connectivity index (χ0) is 19.2. The first-order chi connectivity index (χ1) is 13.3. The number of aromatic nitrogens is 2. The lowest BCUT2D eigenvalue weighted by molar-refractivity contribution is 0.610. The van der Waals surface area contributed by atoms with E-state index in [2.05, 4.69) is 69.9 Å². The van der Waals surface area contributed by atoms with Crippen molar-refractivity contribution in [3.05, 3.63) is 54.1 Å². The molecule has 148 valence electrons. The second-order valence-electron chi connectivity index (χ2n) is 6.45. The van der Waals surface area contributed by atoms with Crippen LogP contribution in [-0.4, -0.2) is 40.6 Å². The molecule has 0 amide bonds. The SMILES string of the molecule is CCNC(=NCc1nccn1CCCc1ccccc1)NCCCCSC. The predicted octanol–water partition coefficient (Wildman–Crippen LogP) is 3.71. The van der Waals surface area contributed by atoms with Gasteiger partial charge < -0.3 is 15.2 Å². The Morgan fingerprint density at radius 3 is 2.78 bits per heavy atom. The highest BCUT2D eigenvalue weighted by molar-refractivity contribution is 7.98. The molecule has 2 aromatic rings. The van der Waals surface area contributed by atoms with Crippen LogP contribution in [0.25, 0.3) is 0 Å². The van der Waals surface area contributed by atoms with E-state index in [-0.39, 0.29) is 0 Å². The first kappa shape index (κ1) is 21.4. The molecule has 6 heteroatoms. The van der Waals surface area contributed by atoms with Crippen molar-refractivity contribution in [2.24, 2.45) is 4.99 Å². The number of nitrogens with zero attached hydrogens (tertiary/aromatic N) is 3. The van der Waals surface area contributed by atoms with E-state index in [1.165, 1.54) is 24.2 Å². The summed E-state index contributed by atoms with van der Waals surface area (Å²) in [6, 6.07) is 10.6. The molecule has 0 aliphatic carbocycles. The first-order valence-corrected chi connectivity index (χ1v) is 11.3. The molecular weight excluding hydrogens is 354 g/mol. The number of hydrogen-bond acceptors (Lipinski definition) is 3. The van der Waals surface area contributed by atoms with Gasteiger partial charge in [-0.2, -0.15) is 11.8 Å². The first-order valence-electron chi connectivity index (χ1n) is 9.88. The van der Waals surface area contributed by atoms with Crippen LogP contribution in [0.15, 0.2) is 47.7 Å². The fourth-order valence-electron chi connectivity index (χ4n) is 2.86. The number of thioether (sulfide) groups is 1. The summed E-state index contributed by atoms with van der Waals surface area (Å²) in [5.41, 5.74) is 1.39. The summed E-state index contributed by atoms with van der Waals surface area (Å²) in [6.07, 6.45) is 10.7. The molecule has 0 bridgehead atoms. The van der Waals surface area contributed by atoms with Gasteiger partial charge >= 0.3 is 0 Å². The zero-order valence-electron chi connectivity index (χ0n) is 16.7. The van der Waals surface area contributed by atoms with Crippen molar-refractivity contribution < 1.29 is 0 Å². The van der Waals surface area contributed by atoms with Crippen molar-refractivity contribution in [2.75, 3.05) is 25.1 Å². The number of benzene rings is 1. The summed E-state index contributed by atoms with van der Waals surface area (Å²) in [5.74, 6) is 3.11. The van der Waals surface area contributed by atoms with Crippen molar-refractivity contribution in [2.45, 2.75) is 45.7 Å². The number of imidazole rings is 1. The highest BCUT2D eigenvalue weighted by atomic mass is 32.2. The van der Waals surface area contributed by atoms with Gasteiger partial charge in [-0.15, -0.1) is 0 Å². The summed E-state index contributed by atoms with van der Waals surface area (Å²) in [4.78, 5) is 9.20. The highest BCUT2D eigenvalue weighted by Gasteiger charge is 2.04. The monoisotopic (exact) mass is 387 g/mol. The minimum absolute atomic E-state index is 0.596. The van der Waals surface area contributed by atoms with Gasteiger partial charge in [0.05, 0.1) is 0 Å². The Hall–Kier alpha value is -1.95. The summed E-state index contributed by atoms with van der Waals surface area (Å²) in [7, 11) is 0. The minimum atomic E-state index is 0.596. The van der Waals surface area contributed by atoms with Gasteiger partial charge in [0.1, 0.15) is 12.4 Å². The molecular formula is C21H33N5S. The Labute approximate surface area is 168 Å². The maximum Gasteiger partial charge on any atom is 0.191 e. The van der Waals surface area contributed by atoms with Crippen molar-refractivity contribution >= 4 is 17.7 Å². The average Bonchev–Trinajstić information content (AvgIpc) is 3.14. The Balaban J connectivity index is 1.80. The third-order valence-corrected chi connectivity index (χ3v) is 5.00. The molecule has 2 N–H and O–H groups in total. The van der Waals surface area contributed by atoms with Gasteiger partial charge in [-0.05, 0) is 50.2 Å². The number of aryl methyl sites for hydroxylation is 2. The van der Waals surface area contributed by atoms with Gasteiger partial charge in [0.2, 0.25) is 0 Å². The summed E-state index contributed by atoms with van der Waals surface area (Å²) in [5, 5.41) is 6.74. The minimum Gasteiger partial charge on any atom is -0.357 e. The topological polar surface area (TPSA) is 54.2 Å². The molecule has 0 atom stereocenters. The Kier molecular flexibility index (Phi) is 10.5. The Morgan fingerprint density at radius 1 is 1.15 bits per heavy atom. The number of unbranched alkanes of at least 4 members (excludes halogenated alkanes) is 1. The number of aliphatic imine (C=N–C) groups is 1. The third-order valence-electron chi connectivity index (χ3n) is 4.30. The van der Waals surface area contributed by atoms with Crippen molar-refractivity contribution in [1.29, 1.82) is 0 Å². The number of guanidine groups is 1. The van der Waals surface area contributed by atoms with Gasteiger partial charge in [-0.25, -0.2) is 9.98 Å². The summed E-state index contributed by atoms with van der Waals surface area (Å²) < 4.78 is 2.22. The van der Waals surface area contributed by atoms with Crippen LogP contribution in [0.5, 0.6) is 0 Å². The molecule has 0 unspecified atom stereocenters. The molecule has 1 heterocycles. The normalized spacial score (nSPS) is 11.6. The number of rotatable bonds is 12. The molecule has 0 fully saturated rings. The highest BCUT2D eigenvalue weighted by Crippen LogP contribution is 2.06. The van der Waals surface area contributed by atoms with Crippen molar-refractivity contribution in [1.82, 2.24) is 20.2 Å². The lowest BCUT2D eigenvalue weighted by Gasteiger charge is -2.11. The third kappa shape index (κ3) is 8.52. The molecule has 0 aliphatic heterocycles. The fourth-order valence-corrected chi connectivity index (χ4v) is 3.36. The van der Waals surface area contributed by atoms with Gasteiger partial charge in [0.15, 0.2) is 5.96 Å². The van der Waals surface area contributed by atoms with E-state index in [1.807, 2.05) is 18.0 Å². The molecule has 5 nitrogen and oxygen atoms in total. The van der Waals surface area contributed by atoms with Gasteiger partial charge in [0.25, 0.3) is 0 Å². The van der Waals surface area contributed by atoms with Crippen LogP contribution in [0.1, 0.15) is 37.6 Å². The largest absolute Gasteiger partial charge is 0.357 e. The molecule has 1 aromatic carbocycles. The Morgan fingerprint density at radius 2 is 2.00 bits per heavy atom. The molecule has 0 spiro atoms. The molecule has 0 saturated carbocycles. The second kappa shape index (κ2) is 13.3. The van der Waals surface area contributed by atoms with E-state index in [9.17, 15) is 0 Å². The van der Waals surface area contributed by atoms with Crippen molar-refractivity contribution in [3.8, 4) is 0 Å². The van der Waals surface area contributed by atoms with E-state index in [1.54, 1.807) is 0 Å². The smallest absolute Gasteiger partial charge is 0.191 e. The van der Waals surface area contributed by atoms with Crippen LogP contribution >= 0.6 is 11.8 Å². The lowest BCUT2D eigenvalue weighted by Crippen LogP contribution is -2.37. The predicted molar refractivity (Wildman–Crippen MR) is 117 cm³/mol. The second-order valence-corrected chi connectivity index (χ2v) is 7.43. The zero-order valence-corrected chi connectivity index (χ0v) is 17.5. The van der Waals surface area contributed by atoms with Crippen LogP contribution in [0.3, 0.4) is 0 Å². The van der Waals surface area contributed by atoms with E-state index in [0.29, 0.717) is 6.54 Å². The molecule has 27 heavy (non-hydrogen) atoms. The van der Waals surface area contributed by atoms with Gasteiger partial charge in [-0.1, -0.05) is 30.3 Å². The van der Waals surface area contributed by atoms with E-state index in [0.717, 1.165) is 44.3 Å². The average molecular weight is 388 g/mol. The maximum absolute atomic E-state index is 4.71. The van der Waals surface area contributed by atoms with Gasteiger partial charge in [-0.3, -0.25) is 0 Å². The van der Waals surface area contributed by atoms with E-state index in [4.69, 9.17) is 4.99 Å². The number of hydrogen-bond donors (Lipinski definition) is 2. The molecule has 0 saturated heterocycles. The quantitative estimate of drug-likeness (QED) is 0.331. The van der Waals surface area contributed by atoms with Crippen LogP contribution in [-0.2, 0) is 19.5 Å². The van der Waals surface area contributed by atoms with Crippen molar-refractivity contribution in [3.63, 3.8) is 0 Å². The van der Waals surface area contributed by atoms with Crippen LogP contribution in [0.4, 0.5) is 0 Å².